The molecule has 19 heavy (non-hydrogen) atoms. The highest BCUT2D eigenvalue weighted by atomic mass is 35.5. The molecule has 2 nitrogen and oxygen atoms in total. The lowest BCUT2D eigenvalue weighted by Gasteiger charge is -2.31. The van der Waals surface area contributed by atoms with Crippen LogP contribution in [0.4, 0.5) is 5.69 Å². The van der Waals surface area contributed by atoms with E-state index in [0.717, 1.165) is 10.7 Å². The van der Waals surface area contributed by atoms with Crippen LogP contribution in [0.1, 0.15) is 45.4 Å². The molecule has 0 radical (unpaired) electrons. The predicted octanol–water partition coefficient (Wildman–Crippen LogP) is 4.68. The molecule has 1 aromatic carbocycles. The third kappa shape index (κ3) is 4.54. The van der Waals surface area contributed by atoms with Gasteiger partial charge in [0, 0.05) is 23.2 Å². The Bertz CT molecular complexity index is 427. The molecule has 3 heteroatoms. The molecule has 1 fully saturated rings. The second-order valence-corrected chi connectivity index (χ2v) is 6.00. The fourth-order valence-electron chi connectivity index (χ4n) is 2.97. The van der Waals surface area contributed by atoms with Crippen molar-refractivity contribution in [2.24, 2.45) is 5.92 Å². The SMILES string of the molecule is CC(=O)C[C@H](Nc1cccc(Cl)c1)C1CCCCC1. The van der Waals surface area contributed by atoms with Crippen LogP contribution < -0.4 is 5.32 Å². The van der Waals surface area contributed by atoms with Crippen LogP contribution in [-0.4, -0.2) is 11.8 Å². The van der Waals surface area contributed by atoms with Crippen molar-refractivity contribution in [2.45, 2.75) is 51.5 Å². The lowest BCUT2D eigenvalue weighted by atomic mass is 9.82. The first-order valence-corrected chi connectivity index (χ1v) is 7.54. The summed E-state index contributed by atoms with van der Waals surface area (Å²) in [6, 6.07) is 8.00. The molecule has 0 saturated heterocycles. The fourth-order valence-corrected chi connectivity index (χ4v) is 3.16. The third-order valence-electron chi connectivity index (χ3n) is 3.90. The summed E-state index contributed by atoms with van der Waals surface area (Å²) in [5.74, 6) is 0.863. The van der Waals surface area contributed by atoms with Gasteiger partial charge in [0.25, 0.3) is 0 Å². The molecule has 1 N–H and O–H groups in total. The summed E-state index contributed by atoms with van der Waals surface area (Å²) in [5, 5.41) is 4.25. The minimum atomic E-state index is 0.247. The number of ketones is 1. The Labute approximate surface area is 120 Å². The van der Waals surface area contributed by atoms with Crippen molar-refractivity contribution in [1.82, 2.24) is 0 Å². The van der Waals surface area contributed by atoms with E-state index >= 15 is 0 Å². The van der Waals surface area contributed by atoms with Gasteiger partial charge in [-0.1, -0.05) is 36.9 Å². The van der Waals surface area contributed by atoms with Gasteiger partial charge in [-0.3, -0.25) is 4.79 Å². The number of benzene rings is 1. The van der Waals surface area contributed by atoms with Gasteiger partial charge in [-0.05, 0) is 43.9 Å². The Morgan fingerprint density at radius 1 is 1.37 bits per heavy atom. The first-order valence-electron chi connectivity index (χ1n) is 7.16. The minimum Gasteiger partial charge on any atom is -0.382 e. The molecule has 1 aliphatic rings. The van der Waals surface area contributed by atoms with Crippen molar-refractivity contribution in [3.8, 4) is 0 Å². The van der Waals surface area contributed by atoms with Crippen LogP contribution in [0.15, 0.2) is 24.3 Å². The molecule has 0 aromatic heterocycles. The Hall–Kier alpha value is -1.02. The number of hydrogen-bond acceptors (Lipinski definition) is 2. The van der Waals surface area contributed by atoms with E-state index in [1.165, 1.54) is 32.1 Å². The van der Waals surface area contributed by atoms with Gasteiger partial charge in [0.2, 0.25) is 0 Å². The lowest BCUT2D eigenvalue weighted by molar-refractivity contribution is -0.117. The third-order valence-corrected chi connectivity index (χ3v) is 4.14. The molecule has 0 unspecified atom stereocenters. The smallest absolute Gasteiger partial charge is 0.131 e. The summed E-state index contributed by atoms with van der Waals surface area (Å²) < 4.78 is 0. The summed E-state index contributed by atoms with van der Waals surface area (Å²) >= 11 is 6.01. The Morgan fingerprint density at radius 3 is 2.74 bits per heavy atom. The number of Topliss-reactive ketones (excluding diaryl/α,β-unsaturated/α-hetero) is 1. The van der Waals surface area contributed by atoms with Crippen molar-refractivity contribution in [3.05, 3.63) is 29.3 Å². The molecular weight excluding hydrogens is 258 g/mol. The molecule has 2 rings (SSSR count). The topological polar surface area (TPSA) is 29.1 Å². The van der Waals surface area contributed by atoms with Crippen molar-refractivity contribution in [3.63, 3.8) is 0 Å². The summed E-state index contributed by atoms with van der Waals surface area (Å²) in [6.07, 6.45) is 6.97. The van der Waals surface area contributed by atoms with Gasteiger partial charge >= 0.3 is 0 Å². The number of halogens is 1. The van der Waals surface area contributed by atoms with E-state index in [0.29, 0.717) is 12.3 Å². The number of nitrogens with one attached hydrogen (secondary N) is 1. The van der Waals surface area contributed by atoms with Gasteiger partial charge in [-0.15, -0.1) is 0 Å². The predicted molar refractivity (Wildman–Crippen MR) is 80.7 cm³/mol. The maximum atomic E-state index is 11.5. The van der Waals surface area contributed by atoms with Gasteiger partial charge < -0.3 is 5.32 Å². The Morgan fingerprint density at radius 2 is 2.11 bits per heavy atom. The van der Waals surface area contributed by atoms with Gasteiger partial charge in [-0.2, -0.15) is 0 Å². The first-order chi connectivity index (χ1) is 9.15. The standard InChI is InChI=1S/C16H22ClNO/c1-12(19)10-16(13-6-3-2-4-7-13)18-15-9-5-8-14(17)11-15/h5,8-9,11,13,16,18H,2-4,6-7,10H2,1H3/t16-/m0/s1. The van der Waals surface area contributed by atoms with Crippen LogP contribution in [0.5, 0.6) is 0 Å². The van der Waals surface area contributed by atoms with Crippen LogP contribution in [0, 0.1) is 5.92 Å². The molecule has 104 valence electrons. The van der Waals surface area contributed by atoms with Crippen LogP contribution in [0.25, 0.3) is 0 Å². The molecule has 0 amide bonds. The molecule has 1 aliphatic carbocycles. The molecule has 1 aromatic rings. The maximum Gasteiger partial charge on any atom is 0.131 e. The zero-order valence-corrected chi connectivity index (χ0v) is 12.2. The average molecular weight is 280 g/mol. The number of carbonyl (C=O) groups is 1. The first kappa shape index (κ1) is 14.4. The molecule has 0 aliphatic heterocycles. The normalized spacial score (nSPS) is 18.0. The molecule has 0 bridgehead atoms. The summed E-state index contributed by atoms with van der Waals surface area (Å²) in [4.78, 5) is 11.5. The Kier molecular flexibility index (Phi) is 5.26. The Balaban J connectivity index is 2.06. The summed E-state index contributed by atoms with van der Waals surface area (Å²) in [7, 11) is 0. The van der Waals surface area contributed by atoms with Crippen molar-refractivity contribution in [2.75, 3.05) is 5.32 Å². The van der Waals surface area contributed by atoms with E-state index in [1.807, 2.05) is 24.3 Å². The number of rotatable bonds is 5. The quantitative estimate of drug-likeness (QED) is 0.848. The highest BCUT2D eigenvalue weighted by Gasteiger charge is 2.24. The van der Waals surface area contributed by atoms with Crippen LogP contribution in [0.3, 0.4) is 0 Å². The zero-order chi connectivity index (χ0) is 13.7. The average Bonchev–Trinajstić information content (AvgIpc) is 2.38. The fraction of sp³-hybridized carbons (Fsp3) is 0.562. The molecular formula is C16H22ClNO. The van der Waals surface area contributed by atoms with Crippen molar-refractivity contribution < 1.29 is 4.79 Å². The zero-order valence-electron chi connectivity index (χ0n) is 11.5. The maximum absolute atomic E-state index is 11.5. The van der Waals surface area contributed by atoms with Gasteiger partial charge in [0.05, 0.1) is 0 Å². The second-order valence-electron chi connectivity index (χ2n) is 5.57. The van der Waals surface area contributed by atoms with E-state index in [1.54, 1.807) is 6.92 Å². The molecule has 0 heterocycles. The van der Waals surface area contributed by atoms with Crippen LogP contribution >= 0.6 is 11.6 Å². The van der Waals surface area contributed by atoms with Gasteiger partial charge in [0.1, 0.15) is 5.78 Å². The van der Waals surface area contributed by atoms with Crippen LogP contribution in [0.2, 0.25) is 5.02 Å². The summed E-state index contributed by atoms with van der Waals surface area (Å²) in [5.41, 5.74) is 1.02. The second kappa shape index (κ2) is 6.95. The minimum absolute atomic E-state index is 0.247. The van der Waals surface area contributed by atoms with Crippen molar-refractivity contribution >= 4 is 23.1 Å². The van der Waals surface area contributed by atoms with Crippen molar-refractivity contribution in [1.29, 1.82) is 0 Å². The largest absolute Gasteiger partial charge is 0.382 e. The van der Waals surface area contributed by atoms with E-state index in [9.17, 15) is 4.79 Å². The van der Waals surface area contributed by atoms with E-state index in [4.69, 9.17) is 11.6 Å². The highest BCUT2D eigenvalue weighted by Crippen LogP contribution is 2.30. The molecule has 0 spiro atoms. The van der Waals surface area contributed by atoms with Gasteiger partial charge in [-0.25, -0.2) is 0 Å². The monoisotopic (exact) mass is 279 g/mol. The number of hydrogen-bond donors (Lipinski definition) is 1. The van der Waals surface area contributed by atoms with Crippen LogP contribution in [-0.2, 0) is 4.79 Å². The van der Waals surface area contributed by atoms with E-state index in [2.05, 4.69) is 5.32 Å². The number of anilines is 1. The van der Waals surface area contributed by atoms with E-state index in [-0.39, 0.29) is 11.8 Å². The summed E-state index contributed by atoms with van der Waals surface area (Å²) in [6.45, 7) is 1.68. The van der Waals surface area contributed by atoms with E-state index < -0.39 is 0 Å². The highest BCUT2D eigenvalue weighted by molar-refractivity contribution is 6.30. The number of carbonyl (C=O) groups excluding carboxylic acids is 1. The molecule has 1 saturated carbocycles. The molecule has 1 atom stereocenters. The lowest BCUT2D eigenvalue weighted by Crippen LogP contribution is -2.32. The van der Waals surface area contributed by atoms with Gasteiger partial charge in [0.15, 0.2) is 0 Å².